The Hall–Kier alpha value is -1.91. The normalized spacial score (nSPS) is 15.9. The molecule has 0 saturated heterocycles. The van der Waals surface area contributed by atoms with Crippen LogP contribution in [0.3, 0.4) is 0 Å². The van der Waals surface area contributed by atoms with E-state index in [2.05, 4.69) is 5.32 Å². The summed E-state index contributed by atoms with van der Waals surface area (Å²) < 4.78 is 13.2. The highest BCUT2D eigenvalue weighted by molar-refractivity contribution is 5.94. The summed E-state index contributed by atoms with van der Waals surface area (Å²) in [5, 5.41) is 11.5. The van der Waals surface area contributed by atoms with Crippen molar-refractivity contribution in [1.29, 1.82) is 0 Å². The van der Waals surface area contributed by atoms with Crippen molar-refractivity contribution in [3.63, 3.8) is 0 Å². The van der Waals surface area contributed by atoms with E-state index < -0.39 is 17.7 Å². The third kappa shape index (κ3) is 3.77. The third-order valence-corrected chi connectivity index (χ3v) is 3.21. The summed E-state index contributed by atoms with van der Waals surface area (Å²) in [6, 6.07) is 3.72. The molecule has 1 saturated carbocycles. The first-order chi connectivity index (χ1) is 8.95. The SMILES string of the molecule is Cc1cc(F)cc(C(=O)NC(CC(=O)O)C2CC2)c1. The number of hydrogen-bond acceptors (Lipinski definition) is 2. The molecule has 102 valence electrons. The highest BCUT2D eigenvalue weighted by Crippen LogP contribution is 2.34. The van der Waals surface area contributed by atoms with Crippen LogP contribution in [0.25, 0.3) is 0 Å². The van der Waals surface area contributed by atoms with Gasteiger partial charge in [0.1, 0.15) is 5.82 Å². The summed E-state index contributed by atoms with van der Waals surface area (Å²) in [7, 11) is 0. The van der Waals surface area contributed by atoms with Gasteiger partial charge in [0.2, 0.25) is 0 Å². The molecule has 0 aromatic heterocycles. The Morgan fingerprint density at radius 2 is 2.11 bits per heavy atom. The van der Waals surface area contributed by atoms with Gasteiger partial charge >= 0.3 is 5.97 Å². The topological polar surface area (TPSA) is 66.4 Å². The van der Waals surface area contributed by atoms with Gasteiger partial charge in [0, 0.05) is 11.6 Å². The molecule has 2 N–H and O–H groups in total. The van der Waals surface area contributed by atoms with Gasteiger partial charge in [-0.2, -0.15) is 0 Å². The highest BCUT2D eigenvalue weighted by atomic mass is 19.1. The molecule has 0 heterocycles. The Balaban J connectivity index is 2.07. The lowest BCUT2D eigenvalue weighted by atomic mass is 10.1. The van der Waals surface area contributed by atoms with Crippen molar-refractivity contribution >= 4 is 11.9 Å². The molecular formula is C14H16FNO3. The molecule has 5 heteroatoms. The maximum Gasteiger partial charge on any atom is 0.305 e. The second kappa shape index (κ2) is 5.38. The smallest absolute Gasteiger partial charge is 0.305 e. The van der Waals surface area contributed by atoms with E-state index in [-0.39, 0.29) is 23.9 Å². The Kier molecular flexibility index (Phi) is 3.83. The van der Waals surface area contributed by atoms with Crippen LogP contribution in [-0.4, -0.2) is 23.0 Å². The molecule has 1 aliphatic rings. The van der Waals surface area contributed by atoms with Crippen LogP contribution in [0.1, 0.15) is 35.2 Å². The second-order valence-corrected chi connectivity index (χ2v) is 5.03. The number of benzene rings is 1. The molecule has 19 heavy (non-hydrogen) atoms. The van der Waals surface area contributed by atoms with Crippen LogP contribution in [0.2, 0.25) is 0 Å². The molecule has 1 aromatic rings. The van der Waals surface area contributed by atoms with Crippen LogP contribution < -0.4 is 5.32 Å². The van der Waals surface area contributed by atoms with Crippen LogP contribution in [0.4, 0.5) is 4.39 Å². The van der Waals surface area contributed by atoms with E-state index in [0.717, 1.165) is 18.9 Å². The quantitative estimate of drug-likeness (QED) is 0.857. The number of carbonyl (C=O) groups excluding carboxylic acids is 1. The zero-order chi connectivity index (χ0) is 14.0. The monoisotopic (exact) mass is 265 g/mol. The van der Waals surface area contributed by atoms with Gasteiger partial charge in [-0.1, -0.05) is 0 Å². The van der Waals surface area contributed by atoms with Gasteiger partial charge in [0.05, 0.1) is 6.42 Å². The number of aliphatic carboxylic acids is 1. The van der Waals surface area contributed by atoms with Crippen LogP contribution in [0, 0.1) is 18.7 Å². The molecule has 0 aliphatic heterocycles. The first-order valence-electron chi connectivity index (χ1n) is 6.25. The fourth-order valence-corrected chi connectivity index (χ4v) is 2.14. The lowest BCUT2D eigenvalue weighted by Crippen LogP contribution is -2.38. The van der Waals surface area contributed by atoms with E-state index in [1.54, 1.807) is 13.0 Å². The number of amides is 1. The number of carboxylic acids is 1. The number of halogens is 1. The van der Waals surface area contributed by atoms with Crippen LogP contribution >= 0.6 is 0 Å². The third-order valence-electron chi connectivity index (χ3n) is 3.21. The Morgan fingerprint density at radius 3 is 2.63 bits per heavy atom. The Morgan fingerprint density at radius 1 is 1.42 bits per heavy atom. The Bertz CT molecular complexity index is 491. The average Bonchev–Trinajstić information content (AvgIpc) is 3.09. The molecule has 1 atom stereocenters. The first kappa shape index (κ1) is 13.5. The molecule has 1 amide bonds. The van der Waals surface area contributed by atoms with Gasteiger partial charge in [0.25, 0.3) is 5.91 Å². The lowest BCUT2D eigenvalue weighted by molar-refractivity contribution is -0.137. The van der Waals surface area contributed by atoms with E-state index in [1.165, 1.54) is 6.07 Å². The fourth-order valence-electron chi connectivity index (χ4n) is 2.14. The second-order valence-electron chi connectivity index (χ2n) is 5.03. The van der Waals surface area contributed by atoms with Crippen molar-refractivity contribution in [2.75, 3.05) is 0 Å². The minimum Gasteiger partial charge on any atom is -0.481 e. The molecule has 0 radical (unpaired) electrons. The number of carbonyl (C=O) groups is 2. The van der Waals surface area contributed by atoms with Crippen molar-refractivity contribution in [2.45, 2.75) is 32.2 Å². The number of carboxylic acid groups (broad SMARTS) is 1. The van der Waals surface area contributed by atoms with Gasteiger partial charge in [-0.3, -0.25) is 9.59 Å². The van der Waals surface area contributed by atoms with Crippen molar-refractivity contribution in [3.8, 4) is 0 Å². The van der Waals surface area contributed by atoms with Crippen LogP contribution in [-0.2, 0) is 4.79 Å². The van der Waals surface area contributed by atoms with Crippen molar-refractivity contribution < 1.29 is 19.1 Å². The maximum absolute atomic E-state index is 13.2. The van der Waals surface area contributed by atoms with Gasteiger partial charge < -0.3 is 10.4 Å². The molecule has 4 nitrogen and oxygen atoms in total. The van der Waals surface area contributed by atoms with Gasteiger partial charge in [-0.05, 0) is 49.4 Å². The number of nitrogens with one attached hydrogen (secondary N) is 1. The molecule has 0 spiro atoms. The predicted molar refractivity (Wildman–Crippen MR) is 67.4 cm³/mol. The molecule has 0 bridgehead atoms. The molecule has 1 fully saturated rings. The van der Waals surface area contributed by atoms with Crippen molar-refractivity contribution in [1.82, 2.24) is 5.32 Å². The summed E-state index contributed by atoms with van der Waals surface area (Å²) in [6.45, 7) is 1.70. The summed E-state index contributed by atoms with van der Waals surface area (Å²) in [4.78, 5) is 22.8. The largest absolute Gasteiger partial charge is 0.481 e. The lowest BCUT2D eigenvalue weighted by Gasteiger charge is -2.16. The van der Waals surface area contributed by atoms with Crippen LogP contribution in [0.5, 0.6) is 0 Å². The van der Waals surface area contributed by atoms with Gasteiger partial charge in [-0.15, -0.1) is 0 Å². The first-order valence-corrected chi connectivity index (χ1v) is 6.25. The van der Waals surface area contributed by atoms with Crippen LogP contribution in [0.15, 0.2) is 18.2 Å². The van der Waals surface area contributed by atoms with E-state index in [9.17, 15) is 14.0 Å². The molecule has 1 aromatic carbocycles. The molecule has 1 unspecified atom stereocenters. The van der Waals surface area contributed by atoms with Crippen molar-refractivity contribution in [2.24, 2.45) is 5.92 Å². The summed E-state index contributed by atoms with van der Waals surface area (Å²) in [5.74, 6) is -1.59. The zero-order valence-electron chi connectivity index (χ0n) is 10.6. The van der Waals surface area contributed by atoms with E-state index >= 15 is 0 Å². The fraction of sp³-hybridized carbons (Fsp3) is 0.429. The minimum atomic E-state index is -0.937. The predicted octanol–water partition coefficient (Wildman–Crippen LogP) is 2.12. The van der Waals surface area contributed by atoms with E-state index in [1.807, 2.05) is 0 Å². The molecule has 1 aliphatic carbocycles. The molecular weight excluding hydrogens is 249 g/mol. The number of aryl methyl sites for hydroxylation is 1. The minimum absolute atomic E-state index is 0.0926. The zero-order valence-corrected chi connectivity index (χ0v) is 10.6. The standard InChI is InChI=1S/C14H16FNO3/c1-8-4-10(6-11(15)5-8)14(19)16-12(7-13(17)18)9-2-3-9/h4-6,9,12H,2-3,7H2,1H3,(H,16,19)(H,17,18). The highest BCUT2D eigenvalue weighted by Gasteiger charge is 2.33. The van der Waals surface area contributed by atoms with E-state index in [4.69, 9.17) is 5.11 Å². The van der Waals surface area contributed by atoms with Crippen molar-refractivity contribution in [3.05, 3.63) is 35.1 Å². The summed E-state index contributed by atoms with van der Waals surface area (Å²) in [5.41, 5.74) is 0.889. The van der Waals surface area contributed by atoms with Gasteiger partial charge in [0.15, 0.2) is 0 Å². The summed E-state index contributed by atoms with van der Waals surface area (Å²) in [6.07, 6.45) is 1.77. The van der Waals surface area contributed by atoms with E-state index in [0.29, 0.717) is 5.56 Å². The van der Waals surface area contributed by atoms with Gasteiger partial charge in [-0.25, -0.2) is 4.39 Å². The summed E-state index contributed by atoms with van der Waals surface area (Å²) >= 11 is 0. The molecule has 2 rings (SSSR count). The number of rotatable bonds is 5. The maximum atomic E-state index is 13.2. The average molecular weight is 265 g/mol. The Labute approximate surface area is 110 Å². The number of hydrogen-bond donors (Lipinski definition) is 2.